The van der Waals surface area contributed by atoms with Crippen LogP contribution >= 0.6 is 0 Å². The lowest BCUT2D eigenvalue weighted by Crippen LogP contribution is -2.51. The zero-order valence-corrected chi connectivity index (χ0v) is 24.2. The van der Waals surface area contributed by atoms with Crippen LogP contribution in [0.1, 0.15) is 31.9 Å². The maximum absolute atomic E-state index is 13.9. The molecule has 0 aliphatic heterocycles. The molecular weight excluding hydrogens is 533 g/mol. The van der Waals surface area contributed by atoms with E-state index in [-0.39, 0.29) is 23.3 Å². The lowest BCUT2D eigenvalue weighted by atomic mass is 10.1. The summed E-state index contributed by atoms with van der Waals surface area (Å²) in [6.07, 6.45) is 0. The fourth-order valence-corrected chi connectivity index (χ4v) is 5.35. The third-order valence-corrected chi connectivity index (χ3v) is 8.15. The molecule has 214 valence electrons. The molecule has 40 heavy (non-hydrogen) atoms. The van der Waals surface area contributed by atoms with Gasteiger partial charge in [-0.3, -0.25) is 13.9 Å². The number of rotatable bonds is 12. The Bertz CT molecular complexity index is 1390. The first-order valence-corrected chi connectivity index (χ1v) is 14.4. The average Bonchev–Trinajstić information content (AvgIpc) is 2.94. The molecule has 0 aliphatic carbocycles. The van der Waals surface area contributed by atoms with Crippen molar-refractivity contribution in [2.24, 2.45) is 5.92 Å². The van der Waals surface area contributed by atoms with Crippen LogP contribution in [-0.4, -0.2) is 51.4 Å². The molecule has 2 amide bonds. The highest BCUT2D eigenvalue weighted by molar-refractivity contribution is 7.92. The predicted molar refractivity (Wildman–Crippen MR) is 153 cm³/mol. The standard InChI is InChI=1S/C30H36FN3O5S/c1-21(2)18-32-30(36)23(4)33(19-24-8-10-25(31)11-9-24)29(35)20-34(26-12-6-22(3)7-13-26)40(37,38)28-16-14-27(39-5)15-17-28/h6-17,21,23H,18-20H2,1-5H3,(H,32,36)/t23-/m0/s1. The molecule has 0 heterocycles. The van der Waals surface area contributed by atoms with E-state index >= 15 is 0 Å². The number of methoxy groups -OCH3 is 1. The van der Waals surface area contributed by atoms with E-state index in [2.05, 4.69) is 5.32 Å². The van der Waals surface area contributed by atoms with E-state index < -0.39 is 34.3 Å². The van der Waals surface area contributed by atoms with Crippen LogP contribution in [0, 0.1) is 18.7 Å². The molecule has 8 nitrogen and oxygen atoms in total. The topological polar surface area (TPSA) is 96.0 Å². The Labute approximate surface area is 235 Å². The van der Waals surface area contributed by atoms with Gasteiger partial charge in [-0.25, -0.2) is 12.8 Å². The predicted octanol–water partition coefficient (Wildman–Crippen LogP) is 4.53. The Morgan fingerprint density at radius 3 is 2.08 bits per heavy atom. The molecule has 3 rings (SSSR count). The van der Waals surface area contributed by atoms with Crippen molar-refractivity contribution in [2.45, 2.75) is 45.2 Å². The van der Waals surface area contributed by atoms with Gasteiger partial charge in [0, 0.05) is 13.1 Å². The second-order valence-electron chi connectivity index (χ2n) is 9.99. The molecule has 0 spiro atoms. The van der Waals surface area contributed by atoms with Crippen LogP contribution in [-0.2, 0) is 26.2 Å². The molecule has 3 aromatic rings. The largest absolute Gasteiger partial charge is 0.497 e. The number of carbonyl (C=O) groups excluding carboxylic acids is 2. The van der Waals surface area contributed by atoms with E-state index in [1.54, 1.807) is 31.2 Å². The smallest absolute Gasteiger partial charge is 0.264 e. The Morgan fingerprint density at radius 1 is 0.925 bits per heavy atom. The highest BCUT2D eigenvalue weighted by atomic mass is 32.2. The number of anilines is 1. The highest BCUT2D eigenvalue weighted by Gasteiger charge is 2.32. The van der Waals surface area contributed by atoms with E-state index in [4.69, 9.17) is 4.74 Å². The van der Waals surface area contributed by atoms with Gasteiger partial charge in [-0.05, 0) is 73.9 Å². The number of benzene rings is 3. The van der Waals surface area contributed by atoms with Crippen molar-refractivity contribution in [3.63, 3.8) is 0 Å². The Kier molecular flexibility index (Phi) is 10.3. The molecule has 0 radical (unpaired) electrons. The fourth-order valence-electron chi connectivity index (χ4n) is 3.94. The number of aryl methyl sites for hydroxylation is 1. The summed E-state index contributed by atoms with van der Waals surface area (Å²) in [4.78, 5) is 28.2. The van der Waals surface area contributed by atoms with Crippen LogP contribution < -0.4 is 14.4 Å². The number of ether oxygens (including phenoxy) is 1. The quantitative estimate of drug-likeness (QED) is 0.346. The SMILES string of the molecule is COc1ccc(S(=O)(=O)N(CC(=O)N(Cc2ccc(F)cc2)[C@@H](C)C(=O)NCC(C)C)c2ccc(C)cc2)cc1. The van der Waals surface area contributed by atoms with Crippen LogP contribution in [0.5, 0.6) is 5.75 Å². The molecule has 0 saturated heterocycles. The van der Waals surface area contributed by atoms with Gasteiger partial charge < -0.3 is 15.0 Å². The Balaban J connectivity index is 2.00. The lowest BCUT2D eigenvalue weighted by molar-refractivity contribution is -0.139. The minimum atomic E-state index is -4.19. The number of amides is 2. The lowest BCUT2D eigenvalue weighted by Gasteiger charge is -2.32. The van der Waals surface area contributed by atoms with Crippen molar-refractivity contribution < 1.29 is 27.1 Å². The number of sulfonamides is 1. The first-order valence-electron chi connectivity index (χ1n) is 13.0. The fraction of sp³-hybridized carbons (Fsp3) is 0.333. The van der Waals surface area contributed by atoms with Crippen LogP contribution in [0.4, 0.5) is 10.1 Å². The van der Waals surface area contributed by atoms with E-state index in [9.17, 15) is 22.4 Å². The molecule has 1 N–H and O–H groups in total. The van der Waals surface area contributed by atoms with E-state index in [1.807, 2.05) is 20.8 Å². The van der Waals surface area contributed by atoms with Crippen molar-refractivity contribution in [3.05, 3.63) is 89.7 Å². The monoisotopic (exact) mass is 569 g/mol. The van der Waals surface area contributed by atoms with Crippen LogP contribution in [0.15, 0.2) is 77.7 Å². The van der Waals surface area contributed by atoms with Crippen molar-refractivity contribution in [1.82, 2.24) is 10.2 Å². The van der Waals surface area contributed by atoms with E-state index in [1.165, 1.54) is 60.5 Å². The number of nitrogens with zero attached hydrogens (tertiary/aromatic N) is 2. The van der Waals surface area contributed by atoms with Crippen LogP contribution in [0.25, 0.3) is 0 Å². The first-order chi connectivity index (χ1) is 18.9. The van der Waals surface area contributed by atoms with Gasteiger partial charge >= 0.3 is 0 Å². The van der Waals surface area contributed by atoms with Crippen molar-refractivity contribution >= 4 is 27.5 Å². The minimum absolute atomic E-state index is 0.0142. The first kappa shape index (κ1) is 30.6. The summed E-state index contributed by atoms with van der Waals surface area (Å²) in [7, 11) is -2.71. The van der Waals surface area contributed by atoms with Gasteiger partial charge in [0.05, 0.1) is 17.7 Å². The van der Waals surface area contributed by atoms with Gasteiger partial charge in [0.2, 0.25) is 11.8 Å². The summed E-state index contributed by atoms with van der Waals surface area (Å²) >= 11 is 0. The molecule has 1 atom stereocenters. The zero-order valence-electron chi connectivity index (χ0n) is 23.4. The van der Waals surface area contributed by atoms with Gasteiger partial charge in [0.1, 0.15) is 24.2 Å². The second-order valence-corrected chi connectivity index (χ2v) is 11.8. The zero-order chi connectivity index (χ0) is 29.4. The van der Waals surface area contributed by atoms with E-state index in [0.717, 1.165) is 9.87 Å². The number of carbonyl (C=O) groups is 2. The summed E-state index contributed by atoms with van der Waals surface area (Å²) in [5.41, 5.74) is 1.82. The summed E-state index contributed by atoms with van der Waals surface area (Å²) in [6, 6.07) is 17.4. The number of hydrogen-bond donors (Lipinski definition) is 1. The van der Waals surface area contributed by atoms with Gasteiger partial charge in [0.15, 0.2) is 0 Å². The second kappa shape index (κ2) is 13.4. The molecule has 0 aromatic heterocycles. The average molecular weight is 570 g/mol. The summed E-state index contributed by atoms with van der Waals surface area (Å²) in [6.45, 7) is 7.22. The molecule has 10 heteroatoms. The molecular formula is C30H36FN3O5S. The van der Waals surface area contributed by atoms with Crippen molar-refractivity contribution in [2.75, 3.05) is 24.5 Å². The van der Waals surface area contributed by atoms with E-state index in [0.29, 0.717) is 23.5 Å². The van der Waals surface area contributed by atoms with Crippen LogP contribution in [0.3, 0.4) is 0 Å². The third-order valence-electron chi connectivity index (χ3n) is 6.37. The molecule has 0 fully saturated rings. The number of halogens is 1. The number of nitrogens with one attached hydrogen (secondary N) is 1. The number of hydrogen-bond acceptors (Lipinski definition) is 5. The minimum Gasteiger partial charge on any atom is -0.497 e. The maximum atomic E-state index is 13.9. The summed E-state index contributed by atoms with van der Waals surface area (Å²) in [5.74, 6) is -0.702. The molecule has 0 bridgehead atoms. The third kappa shape index (κ3) is 7.81. The van der Waals surface area contributed by atoms with Crippen molar-refractivity contribution in [3.8, 4) is 5.75 Å². The summed E-state index contributed by atoms with van der Waals surface area (Å²) < 4.78 is 47.4. The molecule has 0 aliphatic rings. The Morgan fingerprint density at radius 2 is 1.52 bits per heavy atom. The molecule has 3 aromatic carbocycles. The normalized spacial score (nSPS) is 12.1. The summed E-state index contributed by atoms with van der Waals surface area (Å²) in [5, 5.41) is 2.83. The molecule has 0 unspecified atom stereocenters. The van der Waals surface area contributed by atoms with Gasteiger partial charge in [-0.2, -0.15) is 0 Å². The van der Waals surface area contributed by atoms with Crippen LogP contribution in [0.2, 0.25) is 0 Å². The molecule has 0 saturated carbocycles. The van der Waals surface area contributed by atoms with Gasteiger partial charge in [-0.15, -0.1) is 0 Å². The van der Waals surface area contributed by atoms with Crippen molar-refractivity contribution in [1.29, 1.82) is 0 Å². The highest BCUT2D eigenvalue weighted by Crippen LogP contribution is 2.26. The van der Waals surface area contributed by atoms with Gasteiger partial charge in [0.25, 0.3) is 10.0 Å². The maximum Gasteiger partial charge on any atom is 0.264 e. The van der Waals surface area contributed by atoms with Gasteiger partial charge in [-0.1, -0.05) is 43.7 Å². The Hall–Kier alpha value is -3.92.